The maximum absolute atomic E-state index is 5.78. The van der Waals surface area contributed by atoms with Crippen LogP contribution in [0.1, 0.15) is 40.0 Å². The molecule has 0 aromatic carbocycles. The van der Waals surface area contributed by atoms with Gasteiger partial charge >= 0.3 is 0 Å². The lowest BCUT2D eigenvalue weighted by molar-refractivity contribution is 0.103. The van der Waals surface area contributed by atoms with Crippen molar-refractivity contribution in [2.75, 3.05) is 6.54 Å². The van der Waals surface area contributed by atoms with E-state index in [-0.39, 0.29) is 0 Å². The Morgan fingerprint density at radius 1 is 1.50 bits per heavy atom. The Balaban J connectivity index is 2.66. The molecule has 2 N–H and O–H groups in total. The number of thiocarbonyl (C=S) groups is 1. The fourth-order valence-corrected chi connectivity index (χ4v) is 2.66. The number of likely N-dealkylation sites (tertiary alicyclic amines) is 1. The highest BCUT2D eigenvalue weighted by molar-refractivity contribution is 7.80. The Labute approximate surface area is 92.8 Å². The molecule has 1 aliphatic heterocycles. The van der Waals surface area contributed by atoms with E-state index in [0.29, 0.717) is 17.1 Å². The normalized spacial score (nSPS) is 31.4. The van der Waals surface area contributed by atoms with Crippen molar-refractivity contribution in [1.29, 1.82) is 0 Å². The zero-order valence-electron chi connectivity index (χ0n) is 9.49. The monoisotopic (exact) mass is 214 g/mol. The van der Waals surface area contributed by atoms with Gasteiger partial charge in [0.05, 0.1) is 11.0 Å². The van der Waals surface area contributed by atoms with Crippen molar-refractivity contribution in [1.82, 2.24) is 4.90 Å². The Morgan fingerprint density at radius 2 is 2.14 bits per heavy atom. The van der Waals surface area contributed by atoms with Gasteiger partial charge in [-0.15, -0.1) is 0 Å². The number of nitrogens with zero attached hydrogens (tertiary/aromatic N) is 1. The molecule has 0 aromatic heterocycles. The molecule has 14 heavy (non-hydrogen) atoms. The van der Waals surface area contributed by atoms with Crippen molar-refractivity contribution in [3.8, 4) is 0 Å². The molecule has 0 aromatic rings. The van der Waals surface area contributed by atoms with Crippen LogP contribution in [0.4, 0.5) is 0 Å². The molecule has 3 unspecified atom stereocenters. The molecule has 1 rings (SSSR count). The Morgan fingerprint density at radius 3 is 2.64 bits per heavy atom. The smallest absolute Gasteiger partial charge is 0.0902 e. The minimum atomic E-state index is 0.308. The van der Waals surface area contributed by atoms with Gasteiger partial charge in [-0.1, -0.05) is 26.1 Å². The van der Waals surface area contributed by atoms with Crippen molar-refractivity contribution in [2.24, 2.45) is 11.7 Å². The second-order valence-corrected chi connectivity index (χ2v) is 5.03. The molecule has 0 spiro atoms. The molecule has 3 heteroatoms. The van der Waals surface area contributed by atoms with Crippen LogP contribution in [0.5, 0.6) is 0 Å². The highest BCUT2D eigenvalue weighted by atomic mass is 32.1. The standard InChI is InChI=1S/C11H22N2S/c1-4-10(11(12)14)13-7-8(2)5-6-9(13)3/h8-10H,4-7H2,1-3H3,(H2,12,14). The summed E-state index contributed by atoms with van der Waals surface area (Å²) >= 11 is 5.12. The van der Waals surface area contributed by atoms with Crippen molar-refractivity contribution >= 4 is 17.2 Å². The van der Waals surface area contributed by atoms with E-state index in [4.69, 9.17) is 18.0 Å². The van der Waals surface area contributed by atoms with Gasteiger partial charge in [-0.3, -0.25) is 4.90 Å². The summed E-state index contributed by atoms with van der Waals surface area (Å²) in [4.78, 5) is 3.14. The highest BCUT2D eigenvalue weighted by Crippen LogP contribution is 2.24. The van der Waals surface area contributed by atoms with E-state index in [9.17, 15) is 0 Å². The van der Waals surface area contributed by atoms with Crippen LogP contribution in [0.2, 0.25) is 0 Å². The van der Waals surface area contributed by atoms with Crippen molar-refractivity contribution in [3.63, 3.8) is 0 Å². The van der Waals surface area contributed by atoms with Gasteiger partial charge in [0.15, 0.2) is 0 Å². The van der Waals surface area contributed by atoms with E-state index in [2.05, 4.69) is 25.7 Å². The maximum atomic E-state index is 5.78. The van der Waals surface area contributed by atoms with E-state index < -0.39 is 0 Å². The second kappa shape index (κ2) is 5.08. The van der Waals surface area contributed by atoms with Gasteiger partial charge in [-0.2, -0.15) is 0 Å². The minimum absolute atomic E-state index is 0.308. The summed E-state index contributed by atoms with van der Waals surface area (Å²) in [6, 6.07) is 0.945. The number of piperidine rings is 1. The third-order valence-corrected chi connectivity index (χ3v) is 3.55. The Kier molecular flexibility index (Phi) is 4.32. The van der Waals surface area contributed by atoms with Crippen LogP contribution in [0.3, 0.4) is 0 Å². The first-order valence-electron chi connectivity index (χ1n) is 5.61. The summed E-state index contributed by atoms with van der Waals surface area (Å²) < 4.78 is 0. The molecule has 0 aliphatic carbocycles. The molecule has 0 radical (unpaired) electrons. The fraction of sp³-hybridized carbons (Fsp3) is 0.909. The lowest BCUT2D eigenvalue weighted by Crippen LogP contribution is -2.51. The summed E-state index contributed by atoms with van der Waals surface area (Å²) in [5.41, 5.74) is 5.78. The van der Waals surface area contributed by atoms with Crippen LogP contribution in [-0.4, -0.2) is 28.5 Å². The Bertz CT molecular complexity index is 205. The van der Waals surface area contributed by atoms with E-state index in [1.54, 1.807) is 0 Å². The van der Waals surface area contributed by atoms with Crippen LogP contribution in [0.25, 0.3) is 0 Å². The highest BCUT2D eigenvalue weighted by Gasteiger charge is 2.29. The average molecular weight is 214 g/mol. The van der Waals surface area contributed by atoms with Crippen molar-refractivity contribution in [2.45, 2.75) is 52.1 Å². The summed E-state index contributed by atoms with van der Waals surface area (Å²) in [5.74, 6) is 0.787. The first kappa shape index (κ1) is 11.9. The number of hydrogen-bond donors (Lipinski definition) is 1. The maximum Gasteiger partial charge on any atom is 0.0902 e. The molecule has 3 atom stereocenters. The molecule has 1 fully saturated rings. The van der Waals surface area contributed by atoms with Gasteiger partial charge in [0.2, 0.25) is 0 Å². The first-order chi connectivity index (χ1) is 6.56. The van der Waals surface area contributed by atoms with Gasteiger partial charge in [0.25, 0.3) is 0 Å². The van der Waals surface area contributed by atoms with Crippen LogP contribution in [-0.2, 0) is 0 Å². The molecular formula is C11H22N2S. The summed E-state index contributed by atoms with van der Waals surface area (Å²) in [6.45, 7) is 7.91. The molecule has 1 saturated heterocycles. The molecule has 2 nitrogen and oxygen atoms in total. The third kappa shape index (κ3) is 2.67. The van der Waals surface area contributed by atoms with Gasteiger partial charge in [0.1, 0.15) is 0 Å². The largest absolute Gasteiger partial charge is 0.392 e. The Hall–Kier alpha value is -0.150. The lowest BCUT2D eigenvalue weighted by atomic mass is 9.93. The van der Waals surface area contributed by atoms with Crippen LogP contribution in [0.15, 0.2) is 0 Å². The van der Waals surface area contributed by atoms with E-state index in [1.807, 2.05) is 0 Å². The molecule has 1 heterocycles. The number of nitrogens with two attached hydrogens (primary N) is 1. The second-order valence-electron chi connectivity index (χ2n) is 4.55. The minimum Gasteiger partial charge on any atom is -0.392 e. The molecule has 1 aliphatic rings. The fourth-order valence-electron chi connectivity index (χ4n) is 2.36. The molecule has 82 valence electrons. The molecule has 0 saturated carbocycles. The van der Waals surface area contributed by atoms with Crippen molar-refractivity contribution < 1.29 is 0 Å². The van der Waals surface area contributed by atoms with E-state index in [1.165, 1.54) is 12.8 Å². The van der Waals surface area contributed by atoms with E-state index in [0.717, 1.165) is 18.9 Å². The van der Waals surface area contributed by atoms with Gasteiger partial charge < -0.3 is 5.73 Å². The summed E-state index contributed by atoms with van der Waals surface area (Å²) in [5, 5.41) is 0. The average Bonchev–Trinajstić information content (AvgIpc) is 2.11. The SMILES string of the molecule is CCC(C(N)=S)N1CC(C)CCC1C. The first-order valence-corrected chi connectivity index (χ1v) is 6.02. The van der Waals surface area contributed by atoms with Crippen molar-refractivity contribution in [3.05, 3.63) is 0 Å². The third-order valence-electron chi connectivity index (χ3n) is 3.28. The predicted octanol–water partition coefficient (Wildman–Crippen LogP) is 2.17. The quantitative estimate of drug-likeness (QED) is 0.730. The zero-order valence-corrected chi connectivity index (χ0v) is 10.3. The summed E-state index contributed by atoms with van der Waals surface area (Å²) in [7, 11) is 0. The topological polar surface area (TPSA) is 29.3 Å². The van der Waals surface area contributed by atoms with Crippen LogP contribution >= 0.6 is 12.2 Å². The molecule has 0 bridgehead atoms. The molecular weight excluding hydrogens is 192 g/mol. The van der Waals surface area contributed by atoms with Gasteiger partial charge in [0, 0.05) is 12.6 Å². The molecule has 0 amide bonds. The lowest BCUT2D eigenvalue weighted by Gasteiger charge is -2.41. The van der Waals surface area contributed by atoms with Gasteiger partial charge in [-0.25, -0.2) is 0 Å². The number of hydrogen-bond acceptors (Lipinski definition) is 2. The summed E-state index contributed by atoms with van der Waals surface area (Å²) in [6.07, 6.45) is 3.65. The van der Waals surface area contributed by atoms with Crippen LogP contribution < -0.4 is 5.73 Å². The van der Waals surface area contributed by atoms with Gasteiger partial charge in [-0.05, 0) is 32.1 Å². The van der Waals surface area contributed by atoms with Crippen LogP contribution in [0, 0.1) is 5.92 Å². The zero-order chi connectivity index (χ0) is 10.7. The predicted molar refractivity (Wildman–Crippen MR) is 65.4 cm³/mol. The van der Waals surface area contributed by atoms with E-state index >= 15 is 0 Å². The number of rotatable bonds is 3.